The Morgan fingerprint density at radius 1 is 1.23 bits per heavy atom. The maximum atomic E-state index is 5.97. The van der Waals surface area contributed by atoms with Gasteiger partial charge in [0.05, 0.1) is 13.2 Å². The molecular weight excluding hydrogens is 274 g/mol. The van der Waals surface area contributed by atoms with Crippen molar-refractivity contribution in [3.8, 4) is 11.5 Å². The molecule has 2 heterocycles. The van der Waals surface area contributed by atoms with Crippen LogP contribution in [0.3, 0.4) is 0 Å². The van der Waals surface area contributed by atoms with Crippen molar-refractivity contribution >= 4 is 0 Å². The van der Waals surface area contributed by atoms with Gasteiger partial charge in [-0.3, -0.25) is 4.90 Å². The lowest BCUT2D eigenvalue weighted by atomic mass is 9.66. The van der Waals surface area contributed by atoms with Crippen LogP contribution in [0.25, 0.3) is 0 Å². The molecule has 1 aliphatic carbocycles. The number of fused-ring (bicyclic) bond motifs is 1. The van der Waals surface area contributed by atoms with E-state index in [1.807, 2.05) is 0 Å². The Hall–Kier alpha value is -1.48. The topological polar surface area (TPSA) is 21.7 Å². The zero-order chi connectivity index (χ0) is 15.3. The van der Waals surface area contributed by atoms with Gasteiger partial charge in [-0.2, -0.15) is 0 Å². The second-order valence-electron chi connectivity index (χ2n) is 7.12. The van der Waals surface area contributed by atoms with Gasteiger partial charge in [-0.1, -0.05) is 12.2 Å². The summed E-state index contributed by atoms with van der Waals surface area (Å²) in [4.78, 5) is 2.63. The lowest BCUT2D eigenvalue weighted by Crippen LogP contribution is -2.46. The smallest absolute Gasteiger partial charge is 0.161 e. The van der Waals surface area contributed by atoms with Crippen molar-refractivity contribution in [1.82, 2.24) is 4.90 Å². The molecule has 118 valence electrons. The molecule has 2 bridgehead atoms. The maximum absolute atomic E-state index is 5.97. The van der Waals surface area contributed by atoms with Crippen molar-refractivity contribution < 1.29 is 9.47 Å². The van der Waals surface area contributed by atoms with E-state index in [-0.39, 0.29) is 6.10 Å². The van der Waals surface area contributed by atoms with Crippen LogP contribution in [-0.4, -0.2) is 30.7 Å². The molecule has 3 atom stereocenters. The summed E-state index contributed by atoms with van der Waals surface area (Å²) < 4.78 is 11.6. The van der Waals surface area contributed by atoms with E-state index in [0.29, 0.717) is 11.5 Å². The summed E-state index contributed by atoms with van der Waals surface area (Å²) in [5.74, 6) is 1.77. The zero-order valence-electron chi connectivity index (χ0n) is 13.8. The van der Waals surface area contributed by atoms with Gasteiger partial charge in [-0.25, -0.2) is 0 Å². The summed E-state index contributed by atoms with van der Waals surface area (Å²) in [6.07, 6.45) is 8.67. The van der Waals surface area contributed by atoms with Crippen LogP contribution < -0.4 is 9.47 Å². The molecule has 4 rings (SSSR count). The Morgan fingerprint density at radius 3 is 2.86 bits per heavy atom. The first-order valence-electron chi connectivity index (χ1n) is 8.43. The van der Waals surface area contributed by atoms with Crippen LogP contribution >= 0.6 is 0 Å². The summed E-state index contributed by atoms with van der Waals surface area (Å²) >= 11 is 0. The van der Waals surface area contributed by atoms with E-state index in [4.69, 9.17) is 9.47 Å². The van der Waals surface area contributed by atoms with Crippen molar-refractivity contribution in [3.63, 3.8) is 0 Å². The number of rotatable bonds is 3. The van der Waals surface area contributed by atoms with Crippen LogP contribution in [0.4, 0.5) is 0 Å². The molecule has 3 nitrogen and oxygen atoms in total. The summed E-state index contributed by atoms with van der Waals surface area (Å²) in [6.45, 7) is 6.36. The van der Waals surface area contributed by atoms with E-state index >= 15 is 0 Å². The highest BCUT2D eigenvalue weighted by molar-refractivity contribution is 5.53. The Kier molecular flexibility index (Phi) is 3.23. The van der Waals surface area contributed by atoms with Crippen molar-refractivity contribution in [1.29, 1.82) is 0 Å². The molecule has 0 aromatic heterocycles. The highest BCUT2D eigenvalue weighted by Crippen LogP contribution is 2.53. The van der Waals surface area contributed by atoms with Gasteiger partial charge in [-0.05, 0) is 56.4 Å². The van der Waals surface area contributed by atoms with Crippen LogP contribution in [0.2, 0.25) is 0 Å². The SMILES string of the molecule is COc1cc2c(cc1OC(C)C)CN1CC[C@@]23CCC=C[C@H]13. The molecule has 0 spiro atoms. The summed E-state index contributed by atoms with van der Waals surface area (Å²) in [5, 5.41) is 0. The number of hydrogen-bond acceptors (Lipinski definition) is 3. The number of hydrogen-bond donors (Lipinski definition) is 0. The van der Waals surface area contributed by atoms with Gasteiger partial charge < -0.3 is 9.47 Å². The average molecular weight is 299 g/mol. The molecule has 0 radical (unpaired) electrons. The van der Waals surface area contributed by atoms with Gasteiger partial charge in [0.25, 0.3) is 0 Å². The van der Waals surface area contributed by atoms with Gasteiger partial charge in [0.2, 0.25) is 0 Å². The molecule has 0 saturated carbocycles. The molecule has 2 aliphatic heterocycles. The normalized spacial score (nSPS) is 31.8. The molecule has 1 fully saturated rings. The fraction of sp³-hybridized carbons (Fsp3) is 0.579. The van der Waals surface area contributed by atoms with Crippen molar-refractivity contribution in [3.05, 3.63) is 35.4 Å². The molecule has 1 unspecified atom stereocenters. The van der Waals surface area contributed by atoms with Crippen LogP contribution in [0, 0.1) is 0 Å². The zero-order valence-corrected chi connectivity index (χ0v) is 13.8. The van der Waals surface area contributed by atoms with Crippen molar-refractivity contribution in [2.75, 3.05) is 13.7 Å². The standard InChI is InChI=1S/C19H25NO2/c1-13(2)22-17-10-14-12-20-9-8-19(7-5-4-6-18(19)20)15(14)11-16(17)21-3/h4,6,10-11,13,18H,5,7-9,12H2,1-3H3/t18-,19-/m0/s1. The fourth-order valence-electron chi connectivity index (χ4n) is 4.65. The second kappa shape index (κ2) is 5.02. The highest BCUT2D eigenvalue weighted by atomic mass is 16.5. The maximum Gasteiger partial charge on any atom is 0.161 e. The van der Waals surface area contributed by atoms with Crippen molar-refractivity contribution in [2.45, 2.75) is 57.2 Å². The molecule has 3 aliphatic rings. The quantitative estimate of drug-likeness (QED) is 0.795. The monoisotopic (exact) mass is 299 g/mol. The molecule has 1 aromatic carbocycles. The van der Waals surface area contributed by atoms with Gasteiger partial charge in [0, 0.05) is 24.5 Å². The largest absolute Gasteiger partial charge is 0.493 e. The minimum atomic E-state index is 0.163. The molecule has 0 N–H and O–H groups in total. The van der Waals surface area contributed by atoms with E-state index in [2.05, 4.69) is 43.0 Å². The molecular formula is C19H25NO2. The minimum Gasteiger partial charge on any atom is -0.493 e. The number of ether oxygens (including phenoxy) is 2. The van der Waals surface area contributed by atoms with Crippen LogP contribution in [-0.2, 0) is 12.0 Å². The van der Waals surface area contributed by atoms with Gasteiger partial charge in [0.1, 0.15) is 0 Å². The molecule has 22 heavy (non-hydrogen) atoms. The molecule has 3 heteroatoms. The van der Waals surface area contributed by atoms with Crippen molar-refractivity contribution in [2.24, 2.45) is 0 Å². The first-order chi connectivity index (χ1) is 10.6. The van der Waals surface area contributed by atoms with Crippen LogP contribution in [0.1, 0.15) is 44.2 Å². The Labute approximate surface area is 132 Å². The first-order valence-corrected chi connectivity index (χ1v) is 8.43. The summed E-state index contributed by atoms with van der Waals surface area (Å²) in [7, 11) is 1.74. The molecule has 1 saturated heterocycles. The lowest BCUT2D eigenvalue weighted by Gasteiger charge is -2.44. The fourth-order valence-corrected chi connectivity index (χ4v) is 4.65. The third-order valence-corrected chi connectivity index (χ3v) is 5.54. The Bertz CT molecular complexity index is 622. The van der Waals surface area contributed by atoms with Gasteiger partial charge in [-0.15, -0.1) is 0 Å². The second-order valence-corrected chi connectivity index (χ2v) is 7.12. The molecule has 1 aromatic rings. The van der Waals surface area contributed by atoms with Crippen LogP contribution in [0.5, 0.6) is 11.5 Å². The van der Waals surface area contributed by atoms with E-state index in [1.54, 1.807) is 7.11 Å². The number of nitrogens with zero attached hydrogens (tertiary/aromatic N) is 1. The average Bonchev–Trinajstić information content (AvgIpc) is 2.80. The third-order valence-electron chi connectivity index (χ3n) is 5.54. The molecule has 0 amide bonds. The summed E-state index contributed by atoms with van der Waals surface area (Å²) in [6, 6.07) is 5.07. The first kappa shape index (κ1) is 14.1. The minimum absolute atomic E-state index is 0.163. The van der Waals surface area contributed by atoms with E-state index in [1.165, 1.54) is 36.9 Å². The predicted molar refractivity (Wildman–Crippen MR) is 87.6 cm³/mol. The Morgan fingerprint density at radius 2 is 2.09 bits per heavy atom. The predicted octanol–water partition coefficient (Wildman–Crippen LogP) is 3.66. The number of allylic oxidation sites excluding steroid dienone is 1. The van der Waals surface area contributed by atoms with E-state index < -0.39 is 0 Å². The van der Waals surface area contributed by atoms with Gasteiger partial charge in [0.15, 0.2) is 11.5 Å². The van der Waals surface area contributed by atoms with E-state index in [0.717, 1.165) is 18.0 Å². The number of benzene rings is 1. The number of methoxy groups -OCH3 is 1. The van der Waals surface area contributed by atoms with Gasteiger partial charge >= 0.3 is 0 Å². The lowest BCUT2D eigenvalue weighted by molar-refractivity contribution is 0.198. The summed E-state index contributed by atoms with van der Waals surface area (Å²) in [5.41, 5.74) is 3.23. The van der Waals surface area contributed by atoms with Crippen LogP contribution in [0.15, 0.2) is 24.3 Å². The highest BCUT2D eigenvalue weighted by Gasteiger charge is 2.52. The van der Waals surface area contributed by atoms with E-state index in [9.17, 15) is 0 Å². The Balaban J connectivity index is 1.84. The third kappa shape index (κ3) is 1.91.